The number of alkyl halides is 3. The van der Waals surface area contributed by atoms with Crippen molar-refractivity contribution in [3.05, 3.63) is 70.2 Å². The molecular weight excluding hydrogens is 537 g/mol. The third kappa shape index (κ3) is 5.08. The highest BCUT2D eigenvalue weighted by Gasteiger charge is 2.34. The molecule has 190 valence electrons. The smallest absolute Gasteiger partial charge is 0.416 e. The van der Waals surface area contributed by atoms with Gasteiger partial charge in [0.25, 0.3) is 10.0 Å². The summed E-state index contributed by atoms with van der Waals surface area (Å²) < 4.78 is 76.0. The van der Waals surface area contributed by atoms with E-state index in [1.165, 1.54) is 29.8 Å². The van der Waals surface area contributed by atoms with Crippen LogP contribution in [0.15, 0.2) is 52.9 Å². The van der Waals surface area contributed by atoms with E-state index < -0.39 is 21.8 Å². The normalized spacial score (nSPS) is 18.8. The van der Waals surface area contributed by atoms with Gasteiger partial charge in [-0.3, -0.25) is 4.72 Å². The minimum Gasteiger partial charge on any atom is -0.493 e. The lowest BCUT2D eigenvalue weighted by Crippen LogP contribution is -2.21. The van der Waals surface area contributed by atoms with Gasteiger partial charge in [0.2, 0.25) is 5.13 Å². The van der Waals surface area contributed by atoms with Crippen LogP contribution in [-0.2, 0) is 16.2 Å². The number of nitrogens with one attached hydrogen (secondary N) is 1. The number of sulfonamides is 1. The maximum absolute atomic E-state index is 13.6. The molecule has 0 amide bonds. The van der Waals surface area contributed by atoms with Crippen molar-refractivity contribution in [2.45, 2.75) is 29.8 Å². The van der Waals surface area contributed by atoms with Crippen LogP contribution in [0.4, 0.5) is 18.3 Å². The van der Waals surface area contributed by atoms with Crippen LogP contribution >= 0.6 is 23.1 Å². The molecule has 0 spiro atoms. The second-order valence-corrected chi connectivity index (χ2v) is 11.4. The van der Waals surface area contributed by atoms with Crippen LogP contribution in [0.3, 0.4) is 0 Å². The summed E-state index contributed by atoms with van der Waals surface area (Å²) in [6, 6.07) is 8.36. The summed E-state index contributed by atoms with van der Waals surface area (Å²) in [4.78, 5) is -0.0121. The third-order valence-electron chi connectivity index (χ3n) is 6.18. The van der Waals surface area contributed by atoms with Crippen LogP contribution in [0.5, 0.6) is 5.75 Å². The van der Waals surface area contributed by atoms with E-state index in [0.717, 1.165) is 28.5 Å². The van der Waals surface area contributed by atoms with Gasteiger partial charge in [-0.05, 0) is 59.5 Å². The Labute approximate surface area is 214 Å². The van der Waals surface area contributed by atoms with Crippen LogP contribution in [0, 0.1) is 0 Å². The Morgan fingerprint density at radius 1 is 1.17 bits per heavy atom. The first-order valence-corrected chi connectivity index (χ1v) is 13.7. The van der Waals surface area contributed by atoms with E-state index in [-0.39, 0.29) is 15.9 Å². The molecule has 36 heavy (non-hydrogen) atoms. The number of rotatable bonds is 5. The monoisotopic (exact) mass is 556 g/mol. The van der Waals surface area contributed by atoms with Crippen molar-refractivity contribution in [1.82, 2.24) is 14.6 Å². The summed E-state index contributed by atoms with van der Waals surface area (Å²) in [6.07, 6.45) is -1.57. The lowest BCUT2D eigenvalue weighted by molar-refractivity contribution is -0.137. The van der Waals surface area contributed by atoms with Gasteiger partial charge < -0.3 is 4.74 Å². The molecule has 7 nitrogen and oxygen atoms in total. The summed E-state index contributed by atoms with van der Waals surface area (Å²) in [5.74, 6) is 0.107. The predicted molar refractivity (Wildman–Crippen MR) is 131 cm³/mol. The van der Waals surface area contributed by atoms with Crippen LogP contribution in [-0.4, -0.2) is 42.7 Å². The van der Waals surface area contributed by atoms with E-state index in [0.29, 0.717) is 49.4 Å². The maximum atomic E-state index is 13.6. The molecule has 2 aliphatic rings. The molecule has 2 aliphatic heterocycles. The van der Waals surface area contributed by atoms with Crippen molar-refractivity contribution in [3.8, 4) is 5.75 Å². The molecule has 3 heterocycles. The van der Waals surface area contributed by atoms with E-state index in [1.54, 1.807) is 10.5 Å². The van der Waals surface area contributed by atoms with Gasteiger partial charge in [0.1, 0.15) is 11.3 Å². The molecule has 0 aliphatic carbocycles. The molecule has 3 aromatic rings. The van der Waals surface area contributed by atoms with Gasteiger partial charge in [-0.1, -0.05) is 29.5 Å². The average molecular weight is 557 g/mol. The van der Waals surface area contributed by atoms with Crippen LogP contribution in [0.25, 0.3) is 5.57 Å². The molecule has 0 saturated heterocycles. The molecular formula is C23H20ClF3N4O3S2. The molecule has 0 saturated carbocycles. The molecule has 0 fully saturated rings. The van der Waals surface area contributed by atoms with Crippen LogP contribution in [0.1, 0.15) is 41.0 Å². The Morgan fingerprint density at radius 2 is 1.97 bits per heavy atom. The lowest BCUT2D eigenvalue weighted by atomic mass is 9.81. The topological polar surface area (TPSA) is 84.4 Å². The molecule has 1 N–H and O–H groups in total. The fourth-order valence-electron chi connectivity index (χ4n) is 4.45. The second kappa shape index (κ2) is 9.66. The van der Waals surface area contributed by atoms with Crippen molar-refractivity contribution in [2.75, 3.05) is 24.4 Å². The summed E-state index contributed by atoms with van der Waals surface area (Å²) in [6.45, 7) is 1.25. The van der Waals surface area contributed by atoms with E-state index in [1.807, 2.05) is 6.08 Å². The standard InChI is InChI=1S/C23H20ClF3N4O3S2/c24-31-8-5-14(6-9-31)20-11-15(23(25,26)27)1-3-17(20)18-7-10-34-21-12-16(2-4-19(18)21)36(32,33)30-22-29-28-13-35-22/h1-5,11-13,18H,6-10H2,(H,29,30). The molecule has 0 bridgehead atoms. The number of fused-ring (bicyclic) bond motifs is 1. The van der Waals surface area contributed by atoms with Crippen molar-refractivity contribution in [1.29, 1.82) is 0 Å². The largest absolute Gasteiger partial charge is 0.493 e. The summed E-state index contributed by atoms with van der Waals surface area (Å²) >= 11 is 7.10. The zero-order valence-electron chi connectivity index (χ0n) is 18.6. The number of hydrogen-bond acceptors (Lipinski definition) is 7. The van der Waals surface area contributed by atoms with Crippen molar-refractivity contribution in [2.24, 2.45) is 0 Å². The van der Waals surface area contributed by atoms with E-state index in [4.69, 9.17) is 16.5 Å². The quantitative estimate of drug-likeness (QED) is 0.417. The molecule has 13 heteroatoms. The van der Waals surface area contributed by atoms with Crippen LogP contribution in [0.2, 0.25) is 0 Å². The highest BCUT2D eigenvalue weighted by atomic mass is 35.5. The summed E-state index contributed by atoms with van der Waals surface area (Å²) in [5, 5.41) is 7.45. The fourth-order valence-corrected chi connectivity index (χ4v) is 6.32. The average Bonchev–Trinajstić information content (AvgIpc) is 3.35. The number of halogens is 4. The van der Waals surface area contributed by atoms with Gasteiger partial charge in [-0.15, -0.1) is 10.2 Å². The first-order valence-electron chi connectivity index (χ1n) is 11.0. The summed E-state index contributed by atoms with van der Waals surface area (Å²) in [5.41, 5.74) is 3.49. The van der Waals surface area contributed by atoms with Gasteiger partial charge in [-0.25, -0.2) is 12.8 Å². The van der Waals surface area contributed by atoms with Gasteiger partial charge in [-0.2, -0.15) is 13.2 Å². The lowest BCUT2D eigenvalue weighted by Gasteiger charge is -2.30. The Hall–Kier alpha value is -2.67. The number of hydrogen-bond donors (Lipinski definition) is 1. The van der Waals surface area contributed by atoms with E-state index >= 15 is 0 Å². The second-order valence-electron chi connectivity index (χ2n) is 8.39. The summed E-state index contributed by atoms with van der Waals surface area (Å²) in [7, 11) is -3.92. The number of benzene rings is 2. The Balaban J connectivity index is 1.54. The van der Waals surface area contributed by atoms with Crippen molar-refractivity contribution >= 4 is 43.8 Å². The number of ether oxygens (including phenoxy) is 1. The minimum absolute atomic E-state index is 0.0121. The Kier molecular flexibility index (Phi) is 6.70. The fraction of sp³-hybridized carbons (Fsp3) is 0.304. The highest BCUT2D eigenvalue weighted by Crippen LogP contribution is 2.44. The number of anilines is 1. The minimum atomic E-state index is -4.47. The highest BCUT2D eigenvalue weighted by molar-refractivity contribution is 7.93. The molecule has 5 rings (SSSR count). The maximum Gasteiger partial charge on any atom is 0.416 e. The van der Waals surface area contributed by atoms with Crippen molar-refractivity contribution < 1.29 is 26.3 Å². The zero-order valence-corrected chi connectivity index (χ0v) is 21.0. The Bertz CT molecular complexity index is 1410. The van der Waals surface area contributed by atoms with Crippen LogP contribution < -0.4 is 9.46 Å². The SMILES string of the molecule is O=S(=O)(Nc1nncs1)c1ccc2c(c1)OCCC2c1ccc(C(F)(F)F)cc1C1=CCN(Cl)CC1. The Morgan fingerprint density at radius 3 is 2.67 bits per heavy atom. The third-order valence-corrected chi connectivity index (χ3v) is 8.56. The van der Waals surface area contributed by atoms with Gasteiger partial charge in [0.15, 0.2) is 0 Å². The van der Waals surface area contributed by atoms with E-state index in [2.05, 4.69) is 14.9 Å². The van der Waals surface area contributed by atoms with Gasteiger partial charge in [0.05, 0.1) is 17.1 Å². The number of nitrogens with zero attached hydrogens (tertiary/aromatic N) is 3. The number of aromatic nitrogens is 2. The van der Waals surface area contributed by atoms with Crippen molar-refractivity contribution in [3.63, 3.8) is 0 Å². The first-order chi connectivity index (χ1) is 17.1. The van der Waals surface area contributed by atoms with Gasteiger partial charge in [0, 0.05) is 30.6 Å². The molecule has 2 aromatic carbocycles. The molecule has 0 radical (unpaired) electrons. The first kappa shape index (κ1) is 25.0. The van der Waals surface area contributed by atoms with E-state index in [9.17, 15) is 21.6 Å². The molecule has 1 unspecified atom stereocenters. The molecule has 1 aromatic heterocycles. The predicted octanol–water partition coefficient (Wildman–Crippen LogP) is 5.52. The molecule has 1 atom stereocenters. The van der Waals surface area contributed by atoms with Gasteiger partial charge >= 0.3 is 6.18 Å². The zero-order chi connectivity index (χ0) is 25.5.